The maximum Gasteiger partial charge on any atom is 0.232 e. The van der Waals surface area contributed by atoms with Gasteiger partial charge in [-0.2, -0.15) is 0 Å². The molecule has 196 valence electrons. The van der Waals surface area contributed by atoms with Gasteiger partial charge in [-0.05, 0) is 57.2 Å². The molecule has 3 N–H and O–H groups in total. The van der Waals surface area contributed by atoms with Gasteiger partial charge in [0.05, 0.1) is 30.2 Å². The molecule has 5 atom stereocenters. The van der Waals surface area contributed by atoms with Gasteiger partial charge in [-0.3, -0.25) is 19.5 Å². The highest BCUT2D eigenvalue weighted by Crippen LogP contribution is 2.52. The van der Waals surface area contributed by atoms with Gasteiger partial charge >= 0.3 is 0 Å². The molecule has 9 heteroatoms. The van der Waals surface area contributed by atoms with Crippen LogP contribution in [0.1, 0.15) is 76.6 Å². The number of pyridine rings is 1. The number of halogens is 1. The summed E-state index contributed by atoms with van der Waals surface area (Å²) in [7, 11) is 0. The van der Waals surface area contributed by atoms with Crippen molar-refractivity contribution in [2.45, 2.75) is 76.6 Å². The first-order chi connectivity index (χ1) is 17.5. The highest BCUT2D eigenvalue weighted by atomic mass is 19.1. The third-order valence-electron chi connectivity index (χ3n) is 7.81. The van der Waals surface area contributed by atoms with Crippen LogP contribution < -0.4 is 15.8 Å². The first-order valence-electron chi connectivity index (χ1n) is 12.9. The van der Waals surface area contributed by atoms with E-state index in [1.54, 1.807) is 0 Å². The first kappa shape index (κ1) is 25.2. The molecule has 37 heavy (non-hydrogen) atoms. The molecule has 8 nitrogen and oxygen atoms in total. The molecule has 1 fully saturated rings. The highest BCUT2D eigenvalue weighted by Gasteiger charge is 2.53. The van der Waals surface area contributed by atoms with Crippen molar-refractivity contribution >= 4 is 17.8 Å². The number of nitrogens with one attached hydrogen (secondary N) is 1. The summed E-state index contributed by atoms with van der Waals surface area (Å²) in [6.45, 7) is 7.87. The third kappa shape index (κ3) is 4.91. The van der Waals surface area contributed by atoms with E-state index in [4.69, 9.17) is 10.5 Å². The summed E-state index contributed by atoms with van der Waals surface area (Å²) in [5, 5.41) is 3.21. The number of rotatable bonds is 6. The zero-order valence-electron chi connectivity index (χ0n) is 21.7. The molecule has 5 rings (SSSR count). The number of aliphatic imine (C=N–C) groups is 1. The van der Waals surface area contributed by atoms with Gasteiger partial charge in [-0.1, -0.05) is 25.1 Å². The fourth-order valence-electron chi connectivity index (χ4n) is 5.66. The molecular formula is C28H34FN5O3. The number of aromatic nitrogens is 1. The Morgan fingerprint density at radius 1 is 1.30 bits per heavy atom. The van der Waals surface area contributed by atoms with Gasteiger partial charge in [0.2, 0.25) is 11.8 Å². The van der Waals surface area contributed by atoms with Gasteiger partial charge in [0.15, 0.2) is 5.96 Å². The van der Waals surface area contributed by atoms with E-state index in [-0.39, 0.29) is 42.1 Å². The van der Waals surface area contributed by atoms with Crippen LogP contribution in [-0.4, -0.2) is 38.8 Å². The average molecular weight is 508 g/mol. The smallest absolute Gasteiger partial charge is 0.232 e. The fraction of sp³-hybridized carbons (Fsp3) is 0.500. The zero-order chi connectivity index (χ0) is 26.5. The molecule has 2 aliphatic heterocycles. The standard InChI is InChI=1S/C28H34FN5O3/c1-5-28(4)13-23(35)34(26(30)33-28)24(16-10-17(29)15-31-14-16)19-11-20(19)25(36)32-21-12-27(2,3)37-22-9-7-6-8-18(21)22/h6-10,14-15,19-21,24H,5,11-13H2,1-4H3,(H2,30,33)(H,32,36)/t19-,20-,21-,24+,28-/m0/s1. The molecule has 0 bridgehead atoms. The largest absolute Gasteiger partial charge is 0.487 e. The monoisotopic (exact) mass is 507 g/mol. The van der Waals surface area contributed by atoms with Crippen LogP contribution in [0.25, 0.3) is 0 Å². The lowest BCUT2D eigenvalue weighted by atomic mass is 9.89. The van der Waals surface area contributed by atoms with Crippen molar-refractivity contribution in [1.82, 2.24) is 15.2 Å². The molecule has 3 heterocycles. The minimum Gasteiger partial charge on any atom is -0.487 e. The molecule has 2 amide bonds. The van der Waals surface area contributed by atoms with Gasteiger partial charge in [0.1, 0.15) is 17.2 Å². The number of nitrogens with two attached hydrogens (primary N) is 1. The Balaban J connectivity index is 1.41. The lowest BCUT2D eigenvalue weighted by molar-refractivity contribution is -0.132. The molecule has 0 saturated heterocycles. The average Bonchev–Trinajstić information content (AvgIpc) is 3.61. The van der Waals surface area contributed by atoms with E-state index in [1.165, 1.54) is 17.2 Å². The van der Waals surface area contributed by atoms with Crippen molar-refractivity contribution in [3.05, 3.63) is 59.7 Å². The summed E-state index contributed by atoms with van der Waals surface area (Å²) in [6, 6.07) is 8.26. The molecule has 0 spiro atoms. The van der Waals surface area contributed by atoms with E-state index in [0.717, 1.165) is 17.5 Å². The number of hydrogen-bond acceptors (Lipinski definition) is 6. The normalized spacial score (nSPS) is 29.0. The fourth-order valence-corrected chi connectivity index (χ4v) is 5.66. The Hall–Kier alpha value is -3.49. The van der Waals surface area contributed by atoms with Gasteiger partial charge in [-0.25, -0.2) is 9.38 Å². The van der Waals surface area contributed by atoms with E-state index < -0.39 is 23.0 Å². The number of guanidine groups is 1. The number of para-hydroxylation sites is 1. The minimum atomic E-state index is -0.630. The second-order valence-corrected chi connectivity index (χ2v) is 11.3. The number of ether oxygens (including phenoxy) is 1. The summed E-state index contributed by atoms with van der Waals surface area (Å²) < 4.78 is 20.3. The molecule has 1 aliphatic carbocycles. The molecular weight excluding hydrogens is 473 g/mol. The SMILES string of the molecule is CC[C@@]1(C)CC(=O)N([C@H](c2cncc(F)c2)[C@H]2C[C@@H]2C(=O)N[C@H]2CC(C)(C)Oc3ccccc32)C(N)=N1. The molecule has 1 aromatic heterocycles. The van der Waals surface area contributed by atoms with Crippen molar-refractivity contribution in [2.75, 3.05) is 0 Å². The molecule has 0 unspecified atom stereocenters. The maximum atomic E-state index is 14.2. The van der Waals surface area contributed by atoms with E-state index in [9.17, 15) is 14.0 Å². The molecule has 1 saturated carbocycles. The van der Waals surface area contributed by atoms with Crippen LogP contribution >= 0.6 is 0 Å². The lowest BCUT2D eigenvalue weighted by Crippen LogP contribution is -2.52. The second kappa shape index (κ2) is 9.11. The quantitative estimate of drug-likeness (QED) is 0.614. The number of nitrogens with zero attached hydrogens (tertiary/aromatic N) is 3. The van der Waals surface area contributed by atoms with Crippen LogP contribution in [0.5, 0.6) is 5.75 Å². The topological polar surface area (TPSA) is 110 Å². The van der Waals surface area contributed by atoms with Crippen molar-refractivity contribution in [3.63, 3.8) is 0 Å². The highest BCUT2D eigenvalue weighted by molar-refractivity contribution is 5.99. The van der Waals surface area contributed by atoms with Gasteiger partial charge in [-0.15, -0.1) is 0 Å². The summed E-state index contributed by atoms with van der Waals surface area (Å²) in [4.78, 5) is 36.9. The maximum absolute atomic E-state index is 14.2. The Labute approximate surface area is 216 Å². The number of carbonyl (C=O) groups is 2. The number of fused-ring (bicyclic) bond motifs is 1. The summed E-state index contributed by atoms with van der Waals surface area (Å²) in [6.07, 6.45) is 4.68. The Morgan fingerprint density at radius 3 is 2.76 bits per heavy atom. The van der Waals surface area contributed by atoms with Crippen LogP contribution in [0.2, 0.25) is 0 Å². The second-order valence-electron chi connectivity index (χ2n) is 11.3. The van der Waals surface area contributed by atoms with E-state index in [2.05, 4.69) is 15.3 Å². The van der Waals surface area contributed by atoms with Gasteiger partial charge in [0, 0.05) is 24.1 Å². The van der Waals surface area contributed by atoms with Crippen LogP contribution in [0.4, 0.5) is 4.39 Å². The van der Waals surface area contributed by atoms with Crippen molar-refractivity contribution in [2.24, 2.45) is 22.6 Å². The first-order valence-corrected chi connectivity index (χ1v) is 12.9. The van der Waals surface area contributed by atoms with E-state index >= 15 is 0 Å². The number of hydrogen-bond donors (Lipinski definition) is 2. The van der Waals surface area contributed by atoms with E-state index in [1.807, 2.05) is 52.0 Å². The van der Waals surface area contributed by atoms with Gasteiger partial charge < -0.3 is 15.8 Å². The van der Waals surface area contributed by atoms with Crippen LogP contribution in [0, 0.1) is 17.7 Å². The lowest BCUT2D eigenvalue weighted by Gasteiger charge is -2.39. The van der Waals surface area contributed by atoms with Crippen LogP contribution in [0.3, 0.4) is 0 Å². The Kier molecular flexibility index (Phi) is 6.20. The number of amides is 2. The predicted octanol–water partition coefficient (Wildman–Crippen LogP) is 4.03. The van der Waals surface area contributed by atoms with E-state index in [0.29, 0.717) is 24.8 Å². The molecule has 0 radical (unpaired) electrons. The summed E-state index contributed by atoms with van der Waals surface area (Å²) >= 11 is 0. The minimum absolute atomic E-state index is 0.0982. The Bertz CT molecular complexity index is 1260. The Morgan fingerprint density at radius 2 is 2.05 bits per heavy atom. The number of carbonyl (C=O) groups excluding carboxylic acids is 2. The predicted molar refractivity (Wildman–Crippen MR) is 137 cm³/mol. The van der Waals surface area contributed by atoms with Crippen molar-refractivity contribution in [1.29, 1.82) is 0 Å². The van der Waals surface area contributed by atoms with Crippen molar-refractivity contribution < 1.29 is 18.7 Å². The third-order valence-corrected chi connectivity index (χ3v) is 7.81. The zero-order valence-corrected chi connectivity index (χ0v) is 21.7. The molecule has 1 aromatic carbocycles. The van der Waals surface area contributed by atoms with Gasteiger partial charge in [0.25, 0.3) is 0 Å². The van der Waals surface area contributed by atoms with Crippen LogP contribution in [-0.2, 0) is 9.59 Å². The summed E-state index contributed by atoms with van der Waals surface area (Å²) in [5.74, 6) is -0.527. The van der Waals surface area contributed by atoms with Crippen LogP contribution in [0.15, 0.2) is 47.7 Å². The molecule has 3 aliphatic rings. The number of benzene rings is 1. The molecule has 2 aromatic rings. The summed E-state index contributed by atoms with van der Waals surface area (Å²) in [5.41, 5.74) is 6.79. The van der Waals surface area contributed by atoms with Crippen molar-refractivity contribution in [3.8, 4) is 5.75 Å².